The Labute approximate surface area is 108 Å². The number of carboxylic acids is 1. The monoisotopic (exact) mass is 261 g/mol. The van der Waals surface area contributed by atoms with E-state index >= 15 is 0 Å². The number of hydrogen-bond acceptors (Lipinski definition) is 3. The smallest absolute Gasteiger partial charge is 0.303 e. The van der Waals surface area contributed by atoms with E-state index in [2.05, 4.69) is 13.8 Å². The maximum Gasteiger partial charge on any atom is 0.303 e. The van der Waals surface area contributed by atoms with Gasteiger partial charge in [0.05, 0.1) is 5.75 Å². The number of aliphatic carboxylic acids is 1. The number of carboxylic acid groups (broad SMARTS) is 1. The Kier molecular flexibility index (Phi) is 8.94. The van der Waals surface area contributed by atoms with Crippen LogP contribution in [0.2, 0.25) is 0 Å². The van der Waals surface area contributed by atoms with Crippen molar-refractivity contribution in [2.75, 3.05) is 25.1 Å². The number of amides is 1. The van der Waals surface area contributed by atoms with Crippen LogP contribution >= 0.6 is 11.8 Å². The average molecular weight is 261 g/mol. The molecule has 0 saturated heterocycles. The molecule has 1 N–H and O–H groups in total. The standard InChI is InChI=1S/C12H23NO3S/c1-10(2)6-8-17-9-11(14)13(3)7-4-5-12(15)16/h10H,4-9H2,1-3H3,(H,15,16). The predicted molar refractivity (Wildman–Crippen MR) is 71.3 cm³/mol. The van der Waals surface area contributed by atoms with Crippen LogP contribution in [0.1, 0.15) is 33.1 Å². The molecule has 0 aromatic heterocycles. The molecule has 0 unspecified atom stereocenters. The Morgan fingerprint density at radius 1 is 1.35 bits per heavy atom. The van der Waals surface area contributed by atoms with Crippen LogP contribution in [0.25, 0.3) is 0 Å². The zero-order valence-corrected chi connectivity index (χ0v) is 11.8. The summed E-state index contributed by atoms with van der Waals surface area (Å²) in [5.74, 6) is 1.45. The second-order valence-electron chi connectivity index (χ2n) is 4.55. The molecule has 0 aromatic carbocycles. The lowest BCUT2D eigenvalue weighted by Crippen LogP contribution is -2.29. The number of carbonyl (C=O) groups excluding carboxylic acids is 1. The number of nitrogens with zero attached hydrogens (tertiary/aromatic N) is 1. The van der Waals surface area contributed by atoms with Crippen molar-refractivity contribution >= 4 is 23.6 Å². The third kappa shape index (κ3) is 10.2. The molecule has 0 saturated carbocycles. The van der Waals surface area contributed by atoms with E-state index in [4.69, 9.17) is 5.11 Å². The van der Waals surface area contributed by atoms with E-state index in [-0.39, 0.29) is 12.3 Å². The minimum atomic E-state index is -0.808. The molecule has 100 valence electrons. The van der Waals surface area contributed by atoms with E-state index in [0.29, 0.717) is 24.6 Å². The van der Waals surface area contributed by atoms with Crippen molar-refractivity contribution in [1.82, 2.24) is 4.90 Å². The normalized spacial score (nSPS) is 10.6. The van der Waals surface area contributed by atoms with E-state index in [1.807, 2.05) is 0 Å². The van der Waals surface area contributed by atoms with Crippen molar-refractivity contribution in [2.24, 2.45) is 5.92 Å². The zero-order valence-electron chi connectivity index (χ0n) is 10.9. The molecule has 0 aliphatic carbocycles. The lowest BCUT2D eigenvalue weighted by Gasteiger charge is -2.16. The number of rotatable bonds is 9. The van der Waals surface area contributed by atoms with Gasteiger partial charge in [-0.05, 0) is 24.5 Å². The van der Waals surface area contributed by atoms with Crippen LogP contribution in [0.3, 0.4) is 0 Å². The van der Waals surface area contributed by atoms with E-state index < -0.39 is 5.97 Å². The summed E-state index contributed by atoms with van der Waals surface area (Å²) in [5, 5.41) is 8.48. The maximum atomic E-state index is 11.6. The minimum Gasteiger partial charge on any atom is -0.481 e. The van der Waals surface area contributed by atoms with Gasteiger partial charge in [0.2, 0.25) is 5.91 Å². The van der Waals surface area contributed by atoms with Crippen molar-refractivity contribution in [3.8, 4) is 0 Å². The van der Waals surface area contributed by atoms with Gasteiger partial charge in [-0.2, -0.15) is 11.8 Å². The van der Waals surface area contributed by atoms with Gasteiger partial charge in [0.25, 0.3) is 0 Å². The molecule has 0 radical (unpaired) electrons. The fourth-order valence-electron chi connectivity index (χ4n) is 1.18. The van der Waals surface area contributed by atoms with Crippen molar-refractivity contribution in [1.29, 1.82) is 0 Å². The first kappa shape index (κ1) is 16.3. The van der Waals surface area contributed by atoms with Gasteiger partial charge in [-0.1, -0.05) is 13.8 Å². The summed E-state index contributed by atoms with van der Waals surface area (Å²) in [6.07, 6.45) is 1.77. The first-order chi connectivity index (χ1) is 7.93. The van der Waals surface area contributed by atoms with Crippen molar-refractivity contribution in [3.05, 3.63) is 0 Å². The SMILES string of the molecule is CC(C)CCSCC(=O)N(C)CCCC(=O)O. The van der Waals surface area contributed by atoms with Gasteiger partial charge in [-0.25, -0.2) is 0 Å². The van der Waals surface area contributed by atoms with Gasteiger partial charge in [-0.3, -0.25) is 9.59 Å². The predicted octanol–water partition coefficient (Wildman–Crippen LogP) is 2.09. The largest absolute Gasteiger partial charge is 0.481 e. The highest BCUT2D eigenvalue weighted by Gasteiger charge is 2.09. The molecule has 5 heteroatoms. The quantitative estimate of drug-likeness (QED) is 0.646. The molecular formula is C12H23NO3S. The molecular weight excluding hydrogens is 238 g/mol. The summed E-state index contributed by atoms with van der Waals surface area (Å²) in [6.45, 7) is 4.86. The van der Waals surface area contributed by atoms with Crippen molar-refractivity contribution in [3.63, 3.8) is 0 Å². The Bertz CT molecular complexity index is 244. The maximum absolute atomic E-state index is 11.6. The zero-order chi connectivity index (χ0) is 13.3. The van der Waals surface area contributed by atoms with Gasteiger partial charge >= 0.3 is 5.97 Å². The third-order valence-corrected chi connectivity index (χ3v) is 3.35. The molecule has 4 nitrogen and oxygen atoms in total. The summed E-state index contributed by atoms with van der Waals surface area (Å²) in [5.41, 5.74) is 0. The molecule has 0 bridgehead atoms. The van der Waals surface area contributed by atoms with Crippen molar-refractivity contribution < 1.29 is 14.7 Å². The summed E-state index contributed by atoms with van der Waals surface area (Å²) >= 11 is 1.65. The Morgan fingerprint density at radius 3 is 2.53 bits per heavy atom. The first-order valence-electron chi connectivity index (χ1n) is 5.97. The summed E-state index contributed by atoms with van der Waals surface area (Å²) in [4.78, 5) is 23.6. The highest BCUT2D eigenvalue weighted by atomic mass is 32.2. The van der Waals surface area contributed by atoms with Crippen LogP contribution < -0.4 is 0 Å². The number of thioether (sulfide) groups is 1. The van der Waals surface area contributed by atoms with Crippen LogP contribution in [-0.4, -0.2) is 47.0 Å². The molecule has 0 aliphatic heterocycles. The highest BCUT2D eigenvalue weighted by Crippen LogP contribution is 2.09. The van der Waals surface area contributed by atoms with Crippen LogP contribution in [-0.2, 0) is 9.59 Å². The molecule has 1 amide bonds. The van der Waals surface area contributed by atoms with Crippen LogP contribution in [0.4, 0.5) is 0 Å². The highest BCUT2D eigenvalue weighted by molar-refractivity contribution is 7.99. The number of hydrogen-bond donors (Lipinski definition) is 1. The third-order valence-electron chi connectivity index (χ3n) is 2.37. The first-order valence-corrected chi connectivity index (χ1v) is 7.12. The molecule has 17 heavy (non-hydrogen) atoms. The summed E-state index contributed by atoms with van der Waals surface area (Å²) in [6, 6.07) is 0. The molecule has 0 heterocycles. The number of carbonyl (C=O) groups is 2. The second kappa shape index (κ2) is 9.33. The summed E-state index contributed by atoms with van der Waals surface area (Å²) < 4.78 is 0. The molecule has 0 fully saturated rings. The summed E-state index contributed by atoms with van der Waals surface area (Å²) in [7, 11) is 1.73. The van der Waals surface area contributed by atoms with E-state index in [9.17, 15) is 9.59 Å². The van der Waals surface area contributed by atoms with E-state index in [0.717, 1.165) is 12.2 Å². The molecule has 0 atom stereocenters. The second-order valence-corrected chi connectivity index (χ2v) is 5.65. The van der Waals surface area contributed by atoms with E-state index in [1.54, 1.807) is 23.7 Å². The van der Waals surface area contributed by atoms with Gasteiger partial charge in [0, 0.05) is 20.0 Å². The molecule has 0 aromatic rings. The average Bonchev–Trinajstić information content (AvgIpc) is 2.23. The Morgan fingerprint density at radius 2 is 2.00 bits per heavy atom. The van der Waals surface area contributed by atoms with E-state index in [1.165, 1.54) is 0 Å². The topological polar surface area (TPSA) is 57.6 Å². The fourth-order valence-corrected chi connectivity index (χ4v) is 2.36. The lowest BCUT2D eigenvalue weighted by molar-refractivity contribution is -0.137. The fraction of sp³-hybridized carbons (Fsp3) is 0.833. The molecule has 0 rings (SSSR count). The van der Waals surface area contributed by atoms with Crippen molar-refractivity contribution in [2.45, 2.75) is 33.1 Å². The Hall–Kier alpha value is -0.710. The van der Waals surface area contributed by atoms with Gasteiger partial charge in [0.15, 0.2) is 0 Å². The van der Waals surface area contributed by atoms with Crippen LogP contribution in [0.15, 0.2) is 0 Å². The van der Waals surface area contributed by atoms with Crippen LogP contribution in [0.5, 0.6) is 0 Å². The lowest BCUT2D eigenvalue weighted by atomic mass is 10.2. The van der Waals surface area contributed by atoms with Gasteiger partial charge < -0.3 is 10.0 Å². The molecule has 0 aliphatic rings. The Balaban J connectivity index is 3.57. The van der Waals surface area contributed by atoms with Gasteiger partial charge in [0.1, 0.15) is 0 Å². The molecule has 0 spiro atoms. The minimum absolute atomic E-state index is 0.0872. The van der Waals surface area contributed by atoms with Crippen LogP contribution in [0, 0.1) is 5.92 Å². The van der Waals surface area contributed by atoms with Gasteiger partial charge in [-0.15, -0.1) is 0 Å².